The van der Waals surface area contributed by atoms with Gasteiger partial charge < -0.3 is 25.0 Å². The van der Waals surface area contributed by atoms with Gasteiger partial charge in [-0.2, -0.15) is 0 Å². The lowest BCUT2D eigenvalue weighted by atomic mass is 10.1. The van der Waals surface area contributed by atoms with E-state index < -0.39 is 11.7 Å². The molecule has 0 unspecified atom stereocenters. The van der Waals surface area contributed by atoms with Crippen molar-refractivity contribution in [3.63, 3.8) is 0 Å². The third kappa shape index (κ3) is 7.17. The van der Waals surface area contributed by atoms with E-state index in [1.54, 1.807) is 25.7 Å². The maximum atomic E-state index is 12.0. The van der Waals surface area contributed by atoms with Crippen molar-refractivity contribution in [2.45, 2.75) is 45.8 Å². The smallest absolute Gasteiger partial charge is 0.407 e. The fourth-order valence-corrected chi connectivity index (χ4v) is 1.95. The molecule has 21 heavy (non-hydrogen) atoms. The Labute approximate surface area is 126 Å². The zero-order valence-electron chi connectivity index (χ0n) is 13.6. The van der Waals surface area contributed by atoms with Gasteiger partial charge in [0.05, 0.1) is 18.8 Å². The summed E-state index contributed by atoms with van der Waals surface area (Å²) in [6.07, 6.45) is -0.482. The van der Waals surface area contributed by atoms with Crippen LogP contribution in [0, 0.1) is 0 Å². The lowest BCUT2D eigenvalue weighted by molar-refractivity contribution is -0.0733. The molecule has 0 aromatic heterocycles. The van der Waals surface area contributed by atoms with Crippen LogP contribution in [-0.4, -0.2) is 61.0 Å². The van der Waals surface area contributed by atoms with Crippen molar-refractivity contribution in [1.82, 2.24) is 15.5 Å². The summed E-state index contributed by atoms with van der Waals surface area (Å²) >= 11 is 0. The highest BCUT2D eigenvalue weighted by atomic mass is 16.6. The molecule has 0 aromatic carbocycles. The van der Waals surface area contributed by atoms with Gasteiger partial charge in [0.1, 0.15) is 5.60 Å². The van der Waals surface area contributed by atoms with Crippen LogP contribution < -0.4 is 10.6 Å². The lowest BCUT2D eigenvalue weighted by Gasteiger charge is -2.38. The number of hydrogen-bond donors (Lipinski definition) is 2. The molecule has 1 aliphatic rings. The zero-order chi connectivity index (χ0) is 16.1. The zero-order valence-corrected chi connectivity index (χ0v) is 13.6. The fourth-order valence-electron chi connectivity index (χ4n) is 1.95. The highest BCUT2D eigenvalue weighted by Crippen LogP contribution is 2.16. The number of hydrogen-bond acceptors (Lipinski definition) is 4. The Balaban J connectivity index is 2.20. The van der Waals surface area contributed by atoms with Crippen molar-refractivity contribution in [2.24, 2.45) is 0 Å². The van der Waals surface area contributed by atoms with Crippen LogP contribution in [0.2, 0.25) is 0 Å². The number of alkyl carbamates (subject to hydrolysis) is 1. The van der Waals surface area contributed by atoms with Gasteiger partial charge in [0.25, 0.3) is 0 Å². The molecular weight excluding hydrogens is 274 g/mol. The number of carbonyl (C=O) groups is 2. The molecule has 0 spiro atoms. The molecular formula is C14H27N3O4. The molecule has 0 bridgehead atoms. The molecule has 1 saturated heterocycles. The second-order valence-electron chi connectivity index (χ2n) is 6.69. The number of carbonyl (C=O) groups excluding carboxylic acids is 2. The van der Waals surface area contributed by atoms with Crippen LogP contribution in [0.1, 0.15) is 34.6 Å². The van der Waals surface area contributed by atoms with Crippen molar-refractivity contribution >= 4 is 12.1 Å². The molecule has 1 aliphatic heterocycles. The summed E-state index contributed by atoms with van der Waals surface area (Å²) in [6, 6.07) is -0.141. The third-order valence-corrected chi connectivity index (χ3v) is 2.78. The monoisotopic (exact) mass is 301 g/mol. The summed E-state index contributed by atoms with van der Waals surface area (Å²) in [5, 5.41) is 5.36. The first-order chi connectivity index (χ1) is 9.59. The molecule has 2 N–H and O–H groups in total. The van der Waals surface area contributed by atoms with E-state index in [1.807, 2.05) is 13.8 Å². The number of nitrogens with zero attached hydrogens (tertiary/aromatic N) is 1. The van der Waals surface area contributed by atoms with Gasteiger partial charge >= 0.3 is 12.1 Å². The number of ether oxygens (including phenoxy) is 2. The van der Waals surface area contributed by atoms with E-state index in [-0.39, 0.29) is 11.6 Å². The van der Waals surface area contributed by atoms with Crippen LogP contribution in [0.25, 0.3) is 0 Å². The second-order valence-corrected chi connectivity index (χ2v) is 6.69. The highest BCUT2D eigenvalue weighted by molar-refractivity contribution is 5.74. The van der Waals surface area contributed by atoms with E-state index in [0.717, 1.165) is 0 Å². The van der Waals surface area contributed by atoms with Crippen LogP contribution in [-0.2, 0) is 9.47 Å². The Morgan fingerprint density at radius 1 is 1.24 bits per heavy atom. The van der Waals surface area contributed by atoms with E-state index in [2.05, 4.69) is 10.6 Å². The van der Waals surface area contributed by atoms with Gasteiger partial charge in [-0.25, -0.2) is 9.59 Å². The van der Waals surface area contributed by atoms with Crippen molar-refractivity contribution in [3.8, 4) is 0 Å². The molecule has 0 aromatic rings. The Morgan fingerprint density at radius 2 is 1.86 bits per heavy atom. The minimum Gasteiger partial charge on any atom is -0.444 e. The molecule has 7 nitrogen and oxygen atoms in total. The lowest BCUT2D eigenvalue weighted by Crippen LogP contribution is -2.54. The molecule has 0 radical (unpaired) electrons. The first-order valence-electron chi connectivity index (χ1n) is 7.23. The molecule has 1 rings (SSSR count). The summed E-state index contributed by atoms with van der Waals surface area (Å²) in [5.41, 5.74) is -0.836. The summed E-state index contributed by atoms with van der Waals surface area (Å²) in [4.78, 5) is 25.1. The van der Waals surface area contributed by atoms with E-state index in [4.69, 9.17) is 9.47 Å². The van der Waals surface area contributed by atoms with Gasteiger partial charge in [-0.3, -0.25) is 0 Å². The molecule has 3 amide bonds. The molecule has 1 fully saturated rings. The molecule has 0 aliphatic carbocycles. The highest BCUT2D eigenvalue weighted by Gasteiger charge is 2.29. The predicted molar refractivity (Wildman–Crippen MR) is 79.2 cm³/mol. The maximum absolute atomic E-state index is 12.0. The number of morpholine rings is 1. The summed E-state index contributed by atoms with van der Waals surface area (Å²) < 4.78 is 10.7. The normalized spacial score (nSPS) is 18.0. The Kier molecular flexibility index (Phi) is 5.83. The number of urea groups is 1. The number of rotatable bonds is 3. The SMILES string of the molecule is CC(C)(C)OC(=O)NCCNC(=O)N1CCOC(C)(C)C1. The van der Waals surface area contributed by atoms with Crippen molar-refractivity contribution < 1.29 is 19.1 Å². The van der Waals surface area contributed by atoms with Crippen molar-refractivity contribution in [1.29, 1.82) is 0 Å². The van der Waals surface area contributed by atoms with Crippen LogP contribution in [0.4, 0.5) is 9.59 Å². The predicted octanol–water partition coefficient (Wildman–Crippen LogP) is 1.33. The average molecular weight is 301 g/mol. The van der Waals surface area contributed by atoms with Crippen molar-refractivity contribution in [3.05, 3.63) is 0 Å². The van der Waals surface area contributed by atoms with Gasteiger partial charge in [0.15, 0.2) is 0 Å². The molecule has 0 saturated carbocycles. The van der Waals surface area contributed by atoms with Gasteiger partial charge in [-0.1, -0.05) is 0 Å². The van der Waals surface area contributed by atoms with Crippen LogP contribution in [0.15, 0.2) is 0 Å². The van der Waals surface area contributed by atoms with E-state index >= 15 is 0 Å². The molecule has 0 atom stereocenters. The quantitative estimate of drug-likeness (QED) is 0.771. The Morgan fingerprint density at radius 3 is 2.43 bits per heavy atom. The molecule has 7 heteroatoms. The minimum absolute atomic E-state index is 0.141. The summed E-state index contributed by atoms with van der Waals surface area (Å²) in [7, 11) is 0. The van der Waals surface area contributed by atoms with Crippen LogP contribution >= 0.6 is 0 Å². The average Bonchev–Trinajstić information content (AvgIpc) is 2.31. The van der Waals surface area contributed by atoms with Gasteiger partial charge in [-0.15, -0.1) is 0 Å². The van der Waals surface area contributed by atoms with Gasteiger partial charge in [0.2, 0.25) is 0 Å². The first kappa shape index (κ1) is 17.6. The minimum atomic E-state index is -0.521. The topological polar surface area (TPSA) is 79.9 Å². The molecule has 122 valence electrons. The second kappa shape index (κ2) is 6.98. The molecule has 1 heterocycles. The largest absolute Gasteiger partial charge is 0.444 e. The fraction of sp³-hybridized carbons (Fsp3) is 0.857. The Hall–Kier alpha value is -1.50. The number of nitrogens with one attached hydrogen (secondary N) is 2. The van der Waals surface area contributed by atoms with Gasteiger partial charge in [0, 0.05) is 19.6 Å². The van der Waals surface area contributed by atoms with E-state index in [0.29, 0.717) is 32.8 Å². The summed E-state index contributed by atoms with van der Waals surface area (Å²) in [5.74, 6) is 0. The van der Waals surface area contributed by atoms with Crippen LogP contribution in [0.3, 0.4) is 0 Å². The maximum Gasteiger partial charge on any atom is 0.407 e. The van der Waals surface area contributed by atoms with Crippen molar-refractivity contribution in [2.75, 3.05) is 32.8 Å². The van der Waals surface area contributed by atoms with E-state index in [9.17, 15) is 9.59 Å². The first-order valence-corrected chi connectivity index (χ1v) is 7.23. The van der Waals surface area contributed by atoms with Gasteiger partial charge in [-0.05, 0) is 34.6 Å². The number of amides is 3. The summed E-state index contributed by atoms with van der Waals surface area (Å²) in [6.45, 7) is 11.7. The Bertz CT molecular complexity index is 377. The van der Waals surface area contributed by atoms with Crippen LogP contribution in [0.5, 0.6) is 0 Å². The van der Waals surface area contributed by atoms with E-state index in [1.165, 1.54) is 0 Å². The third-order valence-electron chi connectivity index (χ3n) is 2.78. The standard InChI is InChI=1S/C14H27N3O4/c1-13(2,3)21-12(19)16-7-6-15-11(18)17-8-9-20-14(4,5)10-17/h6-10H2,1-5H3,(H,15,18)(H,16,19).